The molecule has 2 heterocycles. The molecular weight excluding hydrogens is 413 g/mol. The zero-order chi connectivity index (χ0) is 23.3. The third-order valence-corrected chi connectivity index (χ3v) is 5.30. The minimum absolute atomic E-state index is 0.0465. The lowest BCUT2D eigenvalue weighted by Crippen LogP contribution is -2.13. The van der Waals surface area contributed by atoms with E-state index in [1.165, 1.54) is 12.1 Å². The second kappa shape index (κ2) is 10.3. The highest BCUT2D eigenvalue weighted by molar-refractivity contribution is 5.98. The van der Waals surface area contributed by atoms with Crippen molar-refractivity contribution in [3.63, 3.8) is 0 Å². The predicted molar refractivity (Wildman–Crippen MR) is 118 cm³/mol. The molecule has 1 aromatic carbocycles. The number of aromatic nitrogens is 2. The lowest BCUT2D eigenvalue weighted by atomic mass is 9.98. The fraction of sp³-hybridized carbons (Fsp3) is 0.333. The molecular formula is C24H26FN3O4. The predicted octanol–water partition coefficient (Wildman–Crippen LogP) is 4.45. The highest BCUT2D eigenvalue weighted by Gasteiger charge is 2.22. The summed E-state index contributed by atoms with van der Waals surface area (Å²) in [5.74, 6) is -0.768. The summed E-state index contributed by atoms with van der Waals surface area (Å²) >= 11 is 0. The Hall–Kier alpha value is -3.39. The first-order chi connectivity index (χ1) is 15.3. The number of nitro groups is 1. The van der Waals surface area contributed by atoms with Gasteiger partial charge in [-0.2, -0.15) is 0 Å². The van der Waals surface area contributed by atoms with Gasteiger partial charge in [0.2, 0.25) is 0 Å². The van der Waals surface area contributed by atoms with Gasteiger partial charge < -0.3 is 9.67 Å². The molecule has 3 rings (SSSR count). The molecule has 0 atom stereocenters. The molecule has 0 spiro atoms. The molecule has 0 saturated heterocycles. The molecule has 0 radical (unpaired) electrons. The smallest absolute Gasteiger partial charge is 0.272 e. The Kier molecular flexibility index (Phi) is 7.48. The van der Waals surface area contributed by atoms with Crippen molar-refractivity contribution in [2.75, 3.05) is 6.61 Å². The van der Waals surface area contributed by atoms with E-state index in [1.54, 1.807) is 12.4 Å². The molecule has 0 aliphatic carbocycles. The van der Waals surface area contributed by atoms with Crippen LogP contribution in [0.2, 0.25) is 0 Å². The average molecular weight is 439 g/mol. The van der Waals surface area contributed by atoms with E-state index in [2.05, 4.69) is 9.55 Å². The van der Waals surface area contributed by atoms with Crippen LogP contribution < -0.4 is 0 Å². The summed E-state index contributed by atoms with van der Waals surface area (Å²) in [6.07, 6.45) is 4.16. The number of nitrogens with zero attached hydrogens (tertiary/aromatic N) is 3. The number of carbonyl (C=O) groups is 1. The van der Waals surface area contributed by atoms with Gasteiger partial charge in [-0.3, -0.25) is 19.9 Å². The Morgan fingerprint density at radius 1 is 1.22 bits per heavy atom. The van der Waals surface area contributed by atoms with Gasteiger partial charge in [0.15, 0.2) is 5.78 Å². The molecule has 1 N–H and O–H groups in total. The van der Waals surface area contributed by atoms with Crippen LogP contribution in [0.1, 0.15) is 59.1 Å². The molecule has 0 unspecified atom stereocenters. The Bertz CT molecular complexity index is 1110. The van der Waals surface area contributed by atoms with E-state index in [-0.39, 0.29) is 36.8 Å². The number of hydrogen-bond donors (Lipinski definition) is 1. The van der Waals surface area contributed by atoms with E-state index in [0.717, 1.165) is 23.0 Å². The quantitative estimate of drug-likeness (QED) is 0.286. The molecule has 168 valence electrons. The Morgan fingerprint density at radius 3 is 2.62 bits per heavy atom. The van der Waals surface area contributed by atoms with Crippen molar-refractivity contribution in [3.8, 4) is 0 Å². The lowest BCUT2D eigenvalue weighted by Gasteiger charge is -2.17. The summed E-state index contributed by atoms with van der Waals surface area (Å²) in [7, 11) is 0. The van der Waals surface area contributed by atoms with Crippen molar-refractivity contribution < 1.29 is 19.2 Å². The highest BCUT2D eigenvalue weighted by atomic mass is 19.1. The van der Waals surface area contributed by atoms with Gasteiger partial charge in [0.05, 0.1) is 11.0 Å². The number of carbonyl (C=O) groups excluding carboxylic acids is 1. The summed E-state index contributed by atoms with van der Waals surface area (Å²) in [6, 6.07) is 9.00. The van der Waals surface area contributed by atoms with Crippen LogP contribution in [-0.2, 0) is 19.4 Å². The van der Waals surface area contributed by atoms with Gasteiger partial charge in [-0.25, -0.2) is 4.39 Å². The van der Waals surface area contributed by atoms with Gasteiger partial charge in [0.1, 0.15) is 5.82 Å². The van der Waals surface area contributed by atoms with Gasteiger partial charge in [0.25, 0.3) is 5.69 Å². The monoisotopic (exact) mass is 439 g/mol. The van der Waals surface area contributed by atoms with Gasteiger partial charge in [-0.15, -0.1) is 0 Å². The van der Waals surface area contributed by atoms with E-state index in [0.29, 0.717) is 24.1 Å². The van der Waals surface area contributed by atoms with Crippen molar-refractivity contribution in [1.29, 1.82) is 0 Å². The molecule has 0 aliphatic heterocycles. The number of Topliss-reactive ketones (excluding diaryl/α,β-unsaturated/α-hetero) is 1. The number of aliphatic hydroxyl groups excluding tert-OH is 1. The number of non-ortho nitro benzene ring substituents is 1. The van der Waals surface area contributed by atoms with Gasteiger partial charge >= 0.3 is 0 Å². The van der Waals surface area contributed by atoms with E-state index < -0.39 is 10.7 Å². The van der Waals surface area contributed by atoms with Crippen LogP contribution in [0.5, 0.6) is 0 Å². The Balaban J connectivity index is 1.90. The summed E-state index contributed by atoms with van der Waals surface area (Å²) < 4.78 is 15.8. The molecule has 0 aliphatic rings. The molecule has 0 fully saturated rings. The maximum Gasteiger partial charge on any atom is 0.272 e. The van der Waals surface area contributed by atoms with Crippen LogP contribution in [0.4, 0.5) is 10.1 Å². The fourth-order valence-electron chi connectivity index (χ4n) is 3.92. The van der Waals surface area contributed by atoms with Crippen LogP contribution in [0.15, 0.2) is 48.8 Å². The number of pyridine rings is 1. The van der Waals surface area contributed by atoms with E-state index in [9.17, 15) is 24.4 Å². The van der Waals surface area contributed by atoms with Crippen molar-refractivity contribution in [2.24, 2.45) is 0 Å². The average Bonchev–Trinajstić information content (AvgIpc) is 3.11. The Labute approximate surface area is 185 Å². The number of rotatable bonds is 10. The van der Waals surface area contributed by atoms with Crippen LogP contribution in [0.3, 0.4) is 0 Å². The number of aryl methyl sites for hydroxylation is 1. The number of ketones is 1. The summed E-state index contributed by atoms with van der Waals surface area (Å²) in [5, 5.41) is 20.5. The minimum Gasteiger partial charge on any atom is -0.396 e. The molecule has 32 heavy (non-hydrogen) atoms. The largest absolute Gasteiger partial charge is 0.396 e. The molecule has 3 aromatic rings. The van der Waals surface area contributed by atoms with Crippen molar-refractivity contribution in [3.05, 3.63) is 92.8 Å². The fourth-order valence-corrected chi connectivity index (χ4v) is 3.92. The highest BCUT2D eigenvalue weighted by Crippen LogP contribution is 2.28. The van der Waals surface area contributed by atoms with Crippen LogP contribution in [-0.4, -0.2) is 32.0 Å². The van der Waals surface area contributed by atoms with E-state index in [4.69, 9.17) is 0 Å². The van der Waals surface area contributed by atoms with Gasteiger partial charge in [-0.1, -0.05) is 19.9 Å². The van der Waals surface area contributed by atoms with E-state index >= 15 is 0 Å². The number of benzene rings is 1. The summed E-state index contributed by atoms with van der Waals surface area (Å²) in [6.45, 7) is 4.49. The number of aliphatic hydroxyl groups is 1. The first-order valence-corrected chi connectivity index (χ1v) is 10.5. The van der Waals surface area contributed by atoms with Gasteiger partial charge in [0, 0.05) is 61.4 Å². The third-order valence-electron chi connectivity index (χ3n) is 5.30. The van der Waals surface area contributed by atoms with Crippen LogP contribution >= 0.6 is 0 Å². The second-order valence-electron chi connectivity index (χ2n) is 8.01. The first kappa shape index (κ1) is 23.3. The van der Waals surface area contributed by atoms with Crippen LogP contribution in [0, 0.1) is 15.9 Å². The molecule has 2 aromatic heterocycles. The molecule has 0 amide bonds. The SMILES string of the molecule is CC(C)c1c(C(=O)CCc2cc(F)cc([N+](=O)[O-])c2)cc(CCO)n1Cc1cccnc1. The zero-order valence-corrected chi connectivity index (χ0v) is 18.1. The second-order valence-corrected chi connectivity index (χ2v) is 8.01. The maximum absolute atomic E-state index is 13.7. The topological polar surface area (TPSA) is 98.3 Å². The molecule has 8 heteroatoms. The van der Waals surface area contributed by atoms with Crippen molar-refractivity contribution in [1.82, 2.24) is 9.55 Å². The van der Waals surface area contributed by atoms with E-state index in [1.807, 2.05) is 32.0 Å². The third kappa shape index (κ3) is 5.45. The Morgan fingerprint density at radius 2 is 2.00 bits per heavy atom. The van der Waals surface area contributed by atoms with Gasteiger partial charge in [-0.05, 0) is 41.7 Å². The zero-order valence-electron chi connectivity index (χ0n) is 18.1. The number of nitro benzene ring substituents is 1. The number of halogens is 1. The normalized spacial score (nSPS) is 11.2. The standard InChI is InChI=1S/C24H26FN3O4/c1-16(2)24-22(13-20(7-9-29)27(24)15-18-4-3-8-26-14-18)23(30)6-5-17-10-19(25)12-21(11-17)28(31)32/h3-4,8,10-14,16,29H,5-7,9,15H2,1-2H3. The molecule has 0 bridgehead atoms. The summed E-state index contributed by atoms with van der Waals surface area (Å²) in [5.41, 5.74) is 3.34. The minimum atomic E-state index is -0.697. The van der Waals surface area contributed by atoms with Crippen LogP contribution in [0.25, 0.3) is 0 Å². The molecule has 7 nitrogen and oxygen atoms in total. The first-order valence-electron chi connectivity index (χ1n) is 10.5. The van der Waals surface area contributed by atoms with Crippen molar-refractivity contribution in [2.45, 2.75) is 45.6 Å². The maximum atomic E-state index is 13.7. The summed E-state index contributed by atoms with van der Waals surface area (Å²) in [4.78, 5) is 27.6. The molecule has 0 saturated carbocycles. The number of hydrogen-bond acceptors (Lipinski definition) is 5. The lowest BCUT2D eigenvalue weighted by molar-refractivity contribution is -0.385. The van der Waals surface area contributed by atoms with Crippen molar-refractivity contribution >= 4 is 11.5 Å².